The average molecular weight is 282 g/mol. The van der Waals surface area contributed by atoms with Crippen LogP contribution >= 0.6 is 15.9 Å². The summed E-state index contributed by atoms with van der Waals surface area (Å²) in [6.45, 7) is 1.94. The van der Waals surface area contributed by atoms with Crippen molar-refractivity contribution in [1.29, 1.82) is 0 Å². The minimum atomic E-state index is -0.356. The van der Waals surface area contributed by atoms with Crippen molar-refractivity contribution in [3.05, 3.63) is 52.4 Å². The molecule has 0 spiro atoms. The monoisotopic (exact) mass is 281 g/mol. The SMILES string of the molecule is Cc1ccnc(Oc2ccc(Br)c(F)c2)c1. The van der Waals surface area contributed by atoms with Crippen LogP contribution in [0.2, 0.25) is 0 Å². The lowest BCUT2D eigenvalue weighted by atomic mass is 10.3. The van der Waals surface area contributed by atoms with Gasteiger partial charge in [0.05, 0.1) is 4.47 Å². The third kappa shape index (κ3) is 2.58. The topological polar surface area (TPSA) is 22.1 Å². The van der Waals surface area contributed by atoms with Gasteiger partial charge in [-0.15, -0.1) is 0 Å². The van der Waals surface area contributed by atoms with E-state index in [9.17, 15) is 4.39 Å². The molecule has 2 rings (SSSR count). The van der Waals surface area contributed by atoms with E-state index in [1.54, 1.807) is 24.4 Å². The highest BCUT2D eigenvalue weighted by Crippen LogP contribution is 2.24. The molecule has 0 fully saturated rings. The summed E-state index contributed by atoms with van der Waals surface area (Å²) >= 11 is 3.08. The number of rotatable bonds is 2. The van der Waals surface area contributed by atoms with E-state index in [1.807, 2.05) is 13.0 Å². The van der Waals surface area contributed by atoms with Crippen molar-refractivity contribution in [3.8, 4) is 11.6 Å². The Bertz CT molecular complexity index is 516. The Labute approximate surface area is 101 Å². The van der Waals surface area contributed by atoms with Crippen molar-refractivity contribution in [2.24, 2.45) is 0 Å². The van der Waals surface area contributed by atoms with Gasteiger partial charge in [0.2, 0.25) is 5.88 Å². The van der Waals surface area contributed by atoms with E-state index in [2.05, 4.69) is 20.9 Å². The lowest BCUT2D eigenvalue weighted by Crippen LogP contribution is -1.89. The molecule has 0 saturated carbocycles. The number of aromatic nitrogens is 1. The van der Waals surface area contributed by atoms with Gasteiger partial charge >= 0.3 is 0 Å². The van der Waals surface area contributed by atoms with E-state index < -0.39 is 0 Å². The molecule has 0 bridgehead atoms. The summed E-state index contributed by atoms with van der Waals surface area (Å²) in [5, 5.41) is 0. The Hall–Kier alpha value is -1.42. The average Bonchev–Trinajstić information content (AvgIpc) is 2.24. The first-order valence-electron chi connectivity index (χ1n) is 4.71. The van der Waals surface area contributed by atoms with Gasteiger partial charge in [0, 0.05) is 18.3 Å². The zero-order valence-electron chi connectivity index (χ0n) is 8.58. The molecule has 0 amide bonds. The van der Waals surface area contributed by atoms with Gasteiger partial charge in [-0.3, -0.25) is 0 Å². The maximum absolute atomic E-state index is 13.2. The van der Waals surface area contributed by atoms with Gasteiger partial charge in [-0.25, -0.2) is 9.37 Å². The van der Waals surface area contributed by atoms with Crippen LogP contribution in [0.5, 0.6) is 11.6 Å². The Morgan fingerprint density at radius 1 is 1.25 bits per heavy atom. The van der Waals surface area contributed by atoms with Gasteiger partial charge in [-0.05, 0) is 46.6 Å². The summed E-state index contributed by atoms with van der Waals surface area (Å²) in [7, 11) is 0. The summed E-state index contributed by atoms with van der Waals surface area (Å²) < 4.78 is 19.1. The zero-order chi connectivity index (χ0) is 11.5. The number of nitrogens with zero attached hydrogens (tertiary/aromatic N) is 1. The Morgan fingerprint density at radius 2 is 2.06 bits per heavy atom. The van der Waals surface area contributed by atoms with Crippen molar-refractivity contribution in [2.75, 3.05) is 0 Å². The van der Waals surface area contributed by atoms with Crippen LogP contribution in [0.25, 0.3) is 0 Å². The fraction of sp³-hybridized carbons (Fsp3) is 0.0833. The molecular formula is C12H9BrFNO. The molecule has 0 saturated heterocycles. The van der Waals surface area contributed by atoms with Crippen LogP contribution in [0.1, 0.15) is 5.56 Å². The van der Waals surface area contributed by atoms with Gasteiger partial charge in [0.25, 0.3) is 0 Å². The second-order valence-corrected chi connectivity index (χ2v) is 4.20. The van der Waals surface area contributed by atoms with E-state index in [-0.39, 0.29) is 5.82 Å². The second kappa shape index (κ2) is 4.61. The van der Waals surface area contributed by atoms with Crippen molar-refractivity contribution < 1.29 is 9.13 Å². The molecule has 2 aromatic rings. The largest absolute Gasteiger partial charge is 0.439 e. The smallest absolute Gasteiger partial charge is 0.219 e. The molecule has 0 unspecified atom stereocenters. The number of ether oxygens (including phenoxy) is 1. The van der Waals surface area contributed by atoms with E-state index in [1.165, 1.54) is 6.07 Å². The Balaban J connectivity index is 2.24. The van der Waals surface area contributed by atoms with Gasteiger partial charge in [-0.2, -0.15) is 0 Å². The normalized spacial score (nSPS) is 10.2. The minimum Gasteiger partial charge on any atom is -0.439 e. The number of aryl methyl sites for hydroxylation is 1. The predicted octanol–water partition coefficient (Wildman–Crippen LogP) is 4.08. The molecule has 0 aliphatic carbocycles. The van der Waals surface area contributed by atoms with E-state index in [0.29, 0.717) is 16.1 Å². The maximum Gasteiger partial charge on any atom is 0.219 e. The van der Waals surface area contributed by atoms with Crippen molar-refractivity contribution in [1.82, 2.24) is 4.98 Å². The van der Waals surface area contributed by atoms with Crippen LogP contribution in [-0.2, 0) is 0 Å². The summed E-state index contributed by atoms with van der Waals surface area (Å²) in [4.78, 5) is 4.03. The van der Waals surface area contributed by atoms with Crippen LogP contribution < -0.4 is 4.74 Å². The molecule has 0 atom stereocenters. The highest BCUT2D eigenvalue weighted by molar-refractivity contribution is 9.10. The third-order valence-corrected chi connectivity index (χ3v) is 2.65. The number of benzene rings is 1. The number of halogens is 2. The second-order valence-electron chi connectivity index (χ2n) is 3.35. The van der Waals surface area contributed by atoms with Gasteiger partial charge in [0.1, 0.15) is 11.6 Å². The summed E-state index contributed by atoms with van der Waals surface area (Å²) in [5.41, 5.74) is 1.04. The molecule has 0 aliphatic rings. The zero-order valence-corrected chi connectivity index (χ0v) is 10.2. The van der Waals surface area contributed by atoms with Crippen molar-refractivity contribution >= 4 is 15.9 Å². The van der Waals surface area contributed by atoms with Crippen LogP contribution in [0, 0.1) is 12.7 Å². The lowest BCUT2D eigenvalue weighted by molar-refractivity contribution is 0.457. The molecule has 4 heteroatoms. The lowest BCUT2D eigenvalue weighted by Gasteiger charge is -2.05. The van der Waals surface area contributed by atoms with Crippen LogP contribution in [0.3, 0.4) is 0 Å². The van der Waals surface area contributed by atoms with E-state index >= 15 is 0 Å². The van der Waals surface area contributed by atoms with Gasteiger partial charge < -0.3 is 4.74 Å². The molecule has 0 radical (unpaired) electrons. The van der Waals surface area contributed by atoms with Crippen LogP contribution in [-0.4, -0.2) is 4.98 Å². The van der Waals surface area contributed by atoms with Gasteiger partial charge in [0.15, 0.2) is 0 Å². The van der Waals surface area contributed by atoms with Crippen LogP contribution in [0.15, 0.2) is 41.0 Å². The van der Waals surface area contributed by atoms with Crippen molar-refractivity contribution in [2.45, 2.75) is 6.92 Å². The van der Waals surface area contributed by atoms with Crippen molar-refractivity contribution in [3.63, 3.8) is 0 Å². The molecule has 1 heterocycles. The van der Waals surface area contributed by atoms with E-state index in [0.717, 1.165) is 5.56 Å². The molecule has 82 valence electrons. The first-order valence-corrected chi connectivity index (χ1v) is 5.50. The Morgan fingerprint density at radius 3 is 2.75 bits per heavy atom. The molecular weight excluding hydrogens is 273 g/mol. The predicted molar refractivity (Wildman–Crippen MR) is 63.1 cm³/mol. The highest BCUT2D eigenvalue weighted by atomic mass is 79.9. The minimum absolute atomic E-state index is 0.356. The number of hydrogen-bond acceptors (Lipinski definition) is 2. The fourth-order valence-corrected chi connectivity index (χ4v) is 1.47. The summed E-state index contributed by atoms with van der Waals surface area (Å²) in [6.07, 6.45) is 1.65. The first-order chi connectivity index (χ1) is 7.65. The standard InChI is InChI=1S/C12H9BrFNO/c1-8-4-5-15-12(6-8)16-9-2-3-10(13)11(14)7-9/h2-7H,1H3. The highest BCUT2D eigenvalue weighted by Gasteiger charge is 2.03. The molecule has 0 N–H and O–H groups in total. The van der Waals surface area contributed by atoms with Gasteiger partial charge in [-0.1, -0.05) is 0 Å². The fourth-order valence-electron chi connectivity index (χ4n) is 1.23. The summed E-state index contributed by atoms with van der Waals surface area (Å²) in [6, 6.07) is 8.25. The third-order valence-electron chi connectivity index (χ3n) is 2.00. The maximum atomic E-state index is 13.2. The quantitative estimate of drug-likeness (QED) is 0.827. The van der Waals surface area contributed by atoms with Crippen LogP contribution in [0.4, 0.5) is 4.39 Å². The molecule has 1 aromatic carbocycles. The first kappa shape index (κ1) is 11.1. The van der Waals surface area contributed by atoms with E-state index in [4.69, 9.17) is 4.74 Å². The molecule has 2 nitrogen and oxygen atoms in total. The molecule has 1 aromatic heterocycles. The molecule has 0 aliphatic heterocycles. The Kier molecular flexibility index (Phi) is 3.19. The molecule has 16 heavy (non-hydrogen) atoms. The number of hydrogen-bond donors (Lipinski definition) is 0. The summed E-state index contributed by atoms with van der Waals surface area (Å²) in [5.74, 6) is 0.533. The number of pyridine rings is 1.